The normalized spacial score (nSPS) is 14.7. The Balaban J connectivity index is 0.826. The van der Waals surface area contributed by atoms with Crippen LogP contribution in [0.3, 0.4) is 0 Å². The van der Waals surface area contributed by atoms with Gasteiger partial charge in [-0.1, -0.05) is 18.2 Å². The second-order valence-corrected chi connectivity index (χ2v) is 14.6. The van der Waals surface area contributed by atoms with Crippen LogP contribution in [0.5, 0.6) is 0 Å². The Labute approximate surface area is 347 Å². The maximum atomic E-state index is 13.2. The molecule has 0 saturated carbocycles. The maximum absolute atomic E-state index is 13.2. The number of aromatic nitrogens is 1. The number of non-ortho nitro benzene ring substituents is 1. The first-order valence-corrected chi connectivity index (χ1v) is 19.5. The number of benzene rings is 4. The zero-order chi connectivity index (χ0) is 42.6. The third kappa shape index (κ3) is 8.57. The molecular formula is C46H36N6O9. The van der Waals surface area contributed by atoms with Crippen LogP contribution in [0.1, 0.15) is 72.7 Å². The number of nitro benzene ring substituents is 1. The molecule has 4 heterocycles. The molecule has 8 rings (SSSR count). The highest BCUT2D eigenvalue weighted by atomic mass is 16.6. The highest BCUT2D eigenvalue weighted by Gasteiger charge is 2.44. The molecule has 15 heteroatoms. The summed E-state index contributed by atoms with van der Waals surface area (Å²) in [5.41, 5.74) is 6.08. The number of imide groups is 2. The summed E-state index contributed by atoms with van der Waals surface area (Å²) < 4.78 is 5.60. The SMILES string of the molecule is O=C1CCC(N2C(=O)c3ccc(CCCCNC(=O)c4ccc(NC(=O)c5ccc(-c6cc(-c7ccc([N+](=O)[O-])cc7)nc(-c7ccco7)c6)cc5)cc4)cc3C2=O)C(=O)N1. The number of carbonyl (C=O) groups is 6. The number of fused-ring (bicyclic) bond motifs is 1. The molecule has 1 unspecified atom stereocenters. The van der Waals surface area contributed by atoms with E-state index in [-0.39, 0.29) is 41.5 Å². The van der Waals surface area contributed by atoms with Gasteiger partial charge in [0.1, 0.15) is 11.7 Å². The van der Waals surface area contributed by atoms with E-state index >= 15 is 0 Å². The summed E-state index contributed by atoms with van der Waals surface area (Å²) in [5.74, 6) is -2.24. The van der Waals surface area contributed by atoms with Crippen molar-refractivity contribution in [3.8, 4) is 33.8 Å². The molecule has 2 aromatic heterocycles. The molecular weight excluding hydrogens is 781 g/mol. The summed E-state index contributed by atoms with van der Waals surface area (Å²) >= 11 is 0. The number of piperidine rings is 1. The van der Waals surface area contributed by atoms with Gasteiger partial charge < -0.3 is 15.1 Å². The molecule has 1 fully saturated rings. The molecule has 6 aromatic rings. The van der Waals surface area contributed by atoms with Crippen molar-refractivity contribution in [2.75, 3.05) is 11.9 Å². The first-order valence-electron chi connectivity index (χ1n) is 19.5. The summed E-state index contributed by atoms with van der Waals surface area (Å²) in [6.07, 6.45) is 3.64. The number of aryl methyl sites for hydroxylation is 1. The number of hydrogen-bond acceptors (Lipinski definition) is 10. The zero-order valence-corrected chi connectivity index (χ0v) is 32.4. The van der Waals surface area contributed by atoms with Crippen LogP contribution in [0.15, 0.2) is 126 Å². The van der Waals surface area contributed by atoms with Crippen LogP contribution in [0.25, 0.3) is 33.8 Å². The van der Waals surface area contributed by atoms with Crippen molar-refractivity contribution in [3.63, 3.8) is 0 Å². The van der Waals surface area contributed by atoms with Gasteiger partial charge in [-0.05, 0) is 127 Å². The second-order valence-electron chi connectivity index (χ2n) is 14.6. The van der Waals surface area contributed by atoms with E-state index in [2.05, 4.69) is 16.0 Å². The minimum absolute atomic E-state index is 0.0258. The Morgan fingerprint density at radius 3 is 2.16 bits per heavy atom. The standard InChI is InChI=1S/C46H36N6O9/c53-41-21-20-39(44(56)50-41)51-45(57)35-19-6-27(24-36(35)46(51)58)4-1-2-22-47-42(54)30-11-15-33(16-12-30)48-43(55)31-9-7-28(8-10-31)32-25-37(29-13-17-34(18-14-29)52(59)60)49-38(26-32)40-5-3-23-61-40/h3,5-19,23-26,39H,1-2,4,20-22H2,(H,47,54)(H,48,55)(H,50,53,56). The Morgan fingerprint density at radius 2 is 1.46 bits per heavy atom. The number of nitrogens with zero attached hydrogens (tertiary/aromatic N) is 3. The molecule has 0 aliphatic carbocycles. The van der Waals surface area contributed by atoms with Gasteiger partial charge in [-0.15, -0.1) is 0 Å². The van der Waals surface area contributed by atoms with Crippen molar-refractivity contribution in [2.24, 2.45) is 0 Å². The summed E-state index contributed by atoms with van der Waals surface area (Å²) in [4.78, 5) is 92.4. The third-order valence-electron chi connectivity index (χ3n) is 10.5. The van der Waals surface area contributed by atoms with E-state index in [0.29, 0.717) is 65.3 Å². The number of amides is 6. The third-order valence-corrected chi connectivity index (χ3v) is 10.5. The van der Waals surface area contributed by atoms with Crippen molar-refractivity contribution >= 4 is 46.8 Å². The number of pyridine rings is 1. The molecule has 0 radical (unpaired) electrons. The summed E-state index contributed by atoms with van der Waals surface area (Å²) in [7, 11) is 0. The largest absolute Gasteiger partial charge is 0.463 e. The number of nitro groups is 1. The molecule has 1 atom stereocenters. The van der Waals surface area contributed by atoms with Gasteiger partial charge in [0.25, 0.3) is 29.3 Å². The molecule has 6 amide bonds. The van der Waals surface area contributed by atoms with Crippen molar-refractivity contribution < 1.29 is 38.1 Å². The summed E-state index contributed by atoms with van der Waals surface area (Å²) in [6, 6.07) is 31.0. The molecule has 3 N–H and O–H groups in total. The summed E-state index contributed by atoms with van der Waals surface area (Å²) in [6.45, 7) is 0.404. The molecule has 61 heavy (non-hydrogen) atoms. The van der Waals surface area contributed by atoms with Crippen LogP contribution < -0.4 is 16.0 Å². The lowest BCUT2D eigenvalue weighted by atomic mass is 10.00. The first-order chi connectivity index (χ1) is 29.5. The smallest absolute Gasteiger partial charge is 0.269 e. The molecule has 1 saturated heterocycles. The van der Waals surface area contributed by atoms with Crippen molar-refractivity contribution in [1.82, 2.24) is 20.5 Å². The Bertz CT molecular complexity index is 2710. The maximum Gasteiger partial charge on any atom is 0.269 e. The molecule has 304 valence electrons. The molecule has 15 nitrogen and oxygen atoms in total. The Hall–Kier alpha value is -8.07. The average molecular weight is 817 g/mol. The van der Waals surface area contributed by atoms with Crippen LogP contribution in [0.4, 0.5) is 11.4 Å². The number of rotatable bonds is 13. The number of carbonyl (C=O) groups excluding carboxylic acids is 6. The number of nitrogens with one attached hydrogen (secondary N) is 3. The minimum atomic E-state index is -1.02. The van der Waals surface area contributed by atoms with E-state index in [1.54, 1.807) is 85.1 Å². The number of furan rings is 1. The van der Waals surface area contributed by atoms with Gasteiger partial charge in [0, 0.05) is 47.5 Å². The highest BCUT2D eigenvalue weighted by Crippen LogP contribution is 2.32. The van der Waals surface area contributed by atoms with Crippen LogP contribution >= 0.6 is 0 Å². The van der Waals surface area contributed by atoms with E-state index in [0.717, 1.165) is 21.6 Å². The number of hydrogen-bond donors (Lipinski definition) is 3. The lowest BCUT2D eigenvalue weighted by Gasteiger charge is -2.27. The van der Waals surface area contributed by atoms with E-state index in [1.807, 2.05) is 24.3 Å². The van der Waals surface area contributed by atoms with Gasteiger partial charge >= 0.3 is 0 Å². The van der Waals surface area contributed by atoms with E-state index < -0.39 is 34.6 Å². The zero-order valence-electron chi connectivity index (χ0n) is 32.4. The predicted octanol–water partition coefficient (Wildman–Crippen LogP) is 6.99. The van der Waals surface area contributed by atoms with Crippen molar-refractivity contribution in [1.29, 1.82) is 0 Å². The first kappa shape index (κ1) is 39.7. The average Bonchev–Trinajstić information content (AvgIpc) is 3.90. The van der Waals surface area contributed by atoms with Crippen molar-refractivity contribution in [2.45, 2.75) is 38.1 Å². The minimum Gasteiger partial charge on any atom is -0.463 e. The fraction of sp³-hybridized carbons (Fsp3) is 0.152. The quantitative estimate of drug-likeness (QED) is 0.0471. The van der Waals surface area contributed by atoms with Crippen molar-refractivity contribution in [3.05, 3.63) is 159 Å². The van der Waals surface area contributed by atoms with Gasteiger partial charge in [-0.2, -0.15) is 0 Å². The van der Waals surface area contributed by atoms with Crippen LogP contribution in [-0.4, -0.2) is 62.8 Å². The van der Waals surface area contributed by atoms with Gasteiger partial charge in [-0.25, -0.2) is 4.98 Å². The number of anilines is 1. The lowest BCUT2D eigenvalue weighted by Crippen LogP contribution is -2.54. The van der Waals surface area contributed by atoms with Crippen LogP contribution in [0, 0.1) is 10.1 Å². The molecule has 4 aromatic carbocycles. The Morgan fingerprint density at radius 1 is 0.770 bits per heavy atom. The monoisotopic (exact) mass is 816 g/mol. The Kier molecular flexibility index (Phi) is 11.1. The second kappa shape index (κ2) is 17.0. The number of unbranched alkanes of at least 4 members (excludes halogenated alkanes) is 1. The van der Waals surface area contributed by atoms with E-state index in [9.17, 15) is 38.9 Å². The van der Waals surface area contributed by atoms with Gasteiger partial charge in [-0.3, -0.25) is 49.1 Å². The molecule has 0 bridgehead atoms. The van der Waals surface area contributed by atoms with Crippen LogP contribution in [-0.2, 0) is 16.0 Å². The highest BCUT2D eigenvalue weighted by molar-refractivity contribution is 6.23. The summed E-state index contributed by atoms with van der Waals surface area (Å²) in [5, 5.41) is 19.1. The van der Waals surface area contributed by atoms with Gasteiger partial charge in [0.05, 0.1) is 28.0 Å². The molecule has 2 aliphatic rings. The van der Waals surface area contributed by atoms with E-state index in [1.165, 1.54) is 12.1 Å². The van der Waals surface area contributed by atoms with Crippen LogP contribution in [0.2, 0.25) is 0 Å². The van der Waals surface area contributed by atoms with E-state index in [4.69, 9.17) is 9.40 Å². The van der Waals surface area contributed by atoms with Gasteiger partial charge in [0.15, 0.2) is 5.76 Å². The van der Waals surface area contributed by atoms with Gasteiger partial charge in [0.2, 0.25) is 11.8 Å². The topological polar surface area (TPSA) is 211 Å². The fourth-order valence-corrected chi connectivity index (χ4v) is 7.30. The fourth-order valence-electron chi connectivity index (χ4n) is 7.30. The lowest BCUT2D eigenvalue weighted by molar-refractivity contribution is -0.384. The molecule has 2 aliphatic heterocycles. The molecule has 0 spiro atoms. The predicted molar refractivity (Wildman–Crippen MR) is 222 cm³/mol.